The Morgan fingerprint density at radius 1 is 1.27 bits per heavy atom. The van der Waals surface area contributed by atoms with Gasteiger partial charge in [0.1, 0.15) is 6.61 Å². The van der Waals surface area contributed by atoms with E-state index in [0.717, 1.165) is 17.3 Å². The van der Waals surface area contributed by atoms with Gasteiger partial charge in [0.15, 0.2) is 0 Å². The van der Waals surface area contributed by atoms with E-state index in [1.54, 1.807) is 0 Å². The van der Waals surface area contributed by atoms with E-state index in [1.807, 2.05) is 24.3 Å². The maximum Gasteiger partial charge on any atom is 0.107 e. The van der Waals surface area contributed by atoms with Crippen LogP contribution in [0.3, 0.4) is 0 Å². The summed E-state index contributed by atoms with van der Waals surface area (Å²) in [6.07, 6.45) is 0.994. The van der Waals surface area contributed by atoms with Gasteiger partial charge in [0, 0.05) is 5.33 Å². The van der Waals surface area contributed by atoms with Crippen LogP contribution in [0, 0.1) is 0 Å². The third-order valence-electron chi connectivity index (χ3n) is 1.54. The van der Waals surface area contributed by atoms with Crippen molar-refractivity contribution >= 4 is 15.9 Å². The van der Waals surface area contributed by atoms with Gasteiger partial charge in [-0.2, -0.15) is 0 Å². The molecule has 0 aliphatic carbocycles. The Kier molecular flexibility index (Phi) is 3.60. The fourth-order valence-corrected chi connectivity index (χ4v) is 1.44. The van der Waals surface area contributed by atoms with Crippen LogP contribution in [-0.2, 0) is 18.1 Å². The molecule has 0 atom stereocenters. The van der Waals surface area contributed by atoms with Gasteiger partial charge in [-0.25, -0.2) is 5.11 Å². The van der Waals surface area contributed by atoms with Crippen molar-refractivity contribution in [2.24, 2.45) is 0 Å². The van der Waals surface area contributed by atoms with E-state index in [4.69, 9.17) is 0 Å². The Bertz CT molecular complexity index is 223. The van der Waals surface area contributed by atoms with Crippen molar-refractivity contribution in [1.82, 2.24) is 0 Å². The summed E-state index contributed by atoms with van der Waals surface area (Å²) in [5.41, 5.74) is 2.11. The minimum Gasteiger partial charge on any atom is -0.232 e. The van der Waals surface area contributed by atoms with Gasteiger partial charge >= 0.3 is 0 Å². The first kappa shape index (κ1) is 8.75. The zero-order chi connectivity index (χ0) is 8.10. The molecule has 0 spiro atoms. The molecule has 0 aliphatic heterocycles. The summed E-state index contributed by atoms with van der Waals surface area (Å²) < 4.78 is 0. The molecule has 1 aromatic carbocycles. The molecule has 0 saturated heterocycles. The number of halogens is 1. The van der Waals surface area contributed by atoms with Crippen LogP contribution >= 0.6 is 15.9 Å². The number of alkyl halides is 1. The molecular formula is C9H10BrO. The second-order valence-corrected chi connectivity index (χ2v) is 3.20. The van der Waals surface area contributed by atoms with Crippen LogP contribution in [0.2, 0.25) is 0 Å². The largest absolute Gasteiger partial charge is 0.232 e. The molecule has 1 nitrogen and oxygen atoms in total. The van der Waals surface area contributed by atoms with Crippen LogP contribution < -0.4 is 0 Å². The summed E-state index contributed by atoms with van der Waals surface area (Å²) in [5.74, 6) is 0. The van der Waals surface area contributed by atoms with E-state index in [2.05, 4.69) is 15.9 Å². The van der Waals surface area contributed by atoms with Crippen molar-refractivity contribution in [3.63, 3.8) is 0 Å². The Hall–Kier alpha value is -0.340. The lowest BCUT2D eigenvalue weighted by molar-refractivity contribution is 0.177. The minimum atomic E-state index is -0.115. The van der Waals surface area contributed by atoms with Gasteiger partial charge in [-0.05, 0) is 17.5 Å². The Balaban J connectivity index is 2.74. The molecule has 0 unspecified atom stereocenters. The van der Waals surface area contributed by atoms with Crippen molar-refractivity contribution < 1.29 is 5.11 Å². The molecule has 0 aliphatic rings. The van der Waals surface area contributed by atoms with E-state index in [1.165, 1.54) is 5.56 Å². The van der Waals surface area contributed by atoms with E-state index in [-0.39, 0.29) is 6.61 Å². The molecule has 1 radical (unpaired) electrons. The highest BCUT2D eigenvalue weighted by Crippen LogP contribution is 2.06. The maximum atomic E-state index is 10.5. The molecule has 1 aromatic rings. The van der Waals surface area contributed by atoms with Gasteiger partial charge in [0.05, 0.1) is 0 Å². The molecule has 0 bridgehead atoms. The summed E-state index contributed by atoms with van der Waals surface area (Å²) in [4.78, 5) is 0. The number of hydrogen-bond acceptors (Lipinski definition) is 0. The van der Waals surface area contributed by atoms with E-state index in [9.17, 15) is 5.11 Å². The Morgan fingerprint density at radius 2 is 2.00 bits per heavy atom. The first-order chi connectivity index (χ1) is 5.36. The highest BCUT2D eigenvalue weighted by Gasteiger charge is 1.93. The third kappa shape index (κ3) is 2.64. The molecule has 2 heteroatoms. The van der Waals surface area contributed by atoms with Gasteiger partial charge in [-0.1, -0.05) is 40.2 Å². The topological polar surface area (TPSA) is 19.9 Å². The Morgan fingerprint density at radius 3 is 2.64 bits per heavy atom. The van der Waals surface area contributed by atoms with E-state index < -0.39 is 0 Å². The number of hydrogen-bond donors (Lipinski definition) is 0. The second-order valence-electron chi connectivity index (χ2n) is 2.40. The fraction of sp³-hybridized carbons (Fsp3) is 0.333. The second kappa shape index (κ2) is 4.52. The summed E-state index contributed by atoms with van der Waals surface area (Å²) >= 11 is 3.35. The lowest BCUT2D eigenvalue weighted by atomic mass is 10.1. The molecule has 0 saturated carbocycles. The van der Waals surface area contributed by atoms with Gasteiger partial charge in [0.2, 0.25) is 0 Å². The smallest absolute Gasteiger partial charge is 0.107 e. The predicted molar refractivity (Wildman–Crippen MR) is 48.3 cm³/mol. The molecule has 0 amide bonds. The zero-order valence-electron chi connectivity index (χ0n) is 6.22. The maximum absolute atomic E-state index is 10.5. The van der Waals surface area contributed by atoms with Gasteiger partial charge in [-0.15, -0.1) is 0 Å². The lowest BCUT2D eigenvalue weighted by Crippen LogP contribution is -1.88. The molecule has 0 aromatic heterocycles. The number of benzene rings is 1. The molecule has 1 rings (SSSR count). The van der Waals surface area contributed by atoms with Gasteiger partial charge in [-0.3, -0.25) is 0 Å². The SMILES string of the molecule is [O]Cc1cccc(CCBr)c1. The van der Waals surface area contributed by atoms with Crippen LogP contribution in [0.1, 0.15) is 11.1 Å². The van der Waals surface area contributed by atoms with Crippen LogP contribution in [0.4, 0.5) is 0 Å². The molecule has 59 valence electrons. The highest BCUT2D eigenvalue weighted by atomic mass is 79.9. The Labute approximate surface area is 75.2 Å². The molecule has 0 heterocycles. The quantitative estimate of drug-likeness (QED) is 0.689. The van der Waals surface area contributed by atoms with Crippen molar-refractivity contribution in [3.8, 4) is 0 Å². The van der Waals surface area contributed by atoms with E-state index >= 15 is 0 Å². The first-order valence-electron chi connectivity index (χ1n) is 3.58. The highest BCUT2D eigenvalue weighted by molar-refractivity contribution is 9.09. The standard InChI is InChI=1S/C9H10BrO/c10-5-4-8-2-1-3-9(6-8)7-11/h1-3,6H,4-5,7H2. The first-order valence-corrected chi connectivity index (χ1v) is 4.71. The van der Waals surface area contributed by atoms with Crippen molar-refractivity contribution in [2.75, 3.05) is 5.33 Å². The van der Waals surface area contributed by atoms with E-state index in [0.29, 0.717) is 0 Å². The molecular weight excluding hydrogens is 204 g/mol. The zero-order valence-corrected chi connectivity index (χ0v) is 7.80. The van der Waals surface area contributed by atoms with Crippen LogP contribution in [0.5, 0.6) is 0 Å². The minimum absolute atomic E-state index is 0.115. The van der Waals surface area contributed by atoms with Crippen LogP contribution in [0.15, 0.2) is 24.3 Å². The normalized spacial score (nSPS) is 10.0. The average molecular weight is 214 g/mol. The third-order valence-corrected chi connectivity index (χ3v) is 1.94. The fourth-order valence-electron chi connectivity index (χ4n) is 0.984. The van der Waals surface area contributed by atoms with Crippen LogP contribution in [0.25, 0.3) is 0 Å². The van der Waals surface area contributed by atoms with Gasteiger partial charge in [0.25, 0.3) is 0 Å². The molecule has 0 fully saturated rings. The summed E-state index contributed by atoms with van der Waals surface area (Å²) in [6, 6.07) is 7.81. The monoisotopic (exact) mass is 213 g/mol. The summed E-state index contributed by atoms with van der Waals surface area (Å²) in [7, 11) is 0. The van der Waals surface area contributed by atoms with Gasteiger partial charge < -0.3 is 0 Å². The lowest BCUT2D eigenvalue weighted by Gasteiger charge is -1.98. The summed E-state index contributed by atoms with van der Waals surface area (Å²) in [6.45, 7) is -0.115. The predicted octanol–water partition coefficient (Wildman–Crippen LogP) is 2.55. The van der Waals surface area contributed by atoms with Crippen LogP contribution in [-0.4, -0.2) is 5.33 Å². The average Bonchev–Trinajstić information content (AvgIpc) is 2.06. The molecule has 11 heavy (non-hydrogen) atoms. The summed E-state index contributed by atoms with van der Waals surface area (Å²) in [5, 5.41) is 11.4. The van der Waals surface area contributed by atoms with Crippen molar-refractivity contribution in [2.45, 2.75) is 13.0 Å². The number of aryl methyl sites for hydroxylation is 1. The van der Waals surface area contributed by atoms with Crippen molar-refractivity contribution in [1.29, 1.82) is 0 Å². The molecule has 0 N–H and O–H groups in total. The number of rotatable bonds is 3. The van der Waals surface area contributed by atoms with Crippen molar-refractivity contribution in [3.05, 3.63) is 35.4 Å².